The highest BCUT2D eigenvalue weighted by Gasteiger charge is 2.42. The summed E-state index contributed by atoms with van der Waals surface area (Å²) < 4.78 is 29.4. The van der Waals surface area contributed by atoms with Crippen molar-refractivity contribution in [3.05, 3.63) is 0 Å². The minimum atomic E-state index is -4.20. The van der Waals surface area contributed by atoms with Crippen molar-refractivity contribution in [1.82, 2.24) is 10.2 Å². The number of carbonyl (C=O) groups excluding carboxylic acids is 1. The van der Waals surface area contributed by atoms with E-state index in [9.17, 15) is 13.2 Å². The van der Waals surface area contributed by atoms with Gasteiger partial charge in [-0.3, -0.25) is 4.55 Å². The summed E-state index contributed by atoms with van der Waals surface area (Å²) in [5.41, 5.74) is 0. The lowest BCUT2D eigenvalue weighted by Gasteiger charge is -2.13. The zero-order chi connectivity index (χ0) is 9.52. The smallest absolute Gasteiger partial charge is 0.317 e. The van der Waals surface area contributed by atoms with Gasteiger partial charge >= 0.3 is 6.03 Å². The molecule has 2 unspecified atom stereocenters. The second-order valence-electron chi connectivity index (χ2n) is 2.37. The van der Waals surface area contributed by atoms with Crippen LogP contribution in [0.1, 0.15) is 0 Å². The van der Waals surface area contributed by atoms with E-state index < -0.39 is 25.6 Å². The van der Waals surface area contributed by atoms with Gasteiger partial charge in [0.2, 0.25) is 0 Å². The van der Waals surface area contributed by atoms with E-state index in [2.05, 4.69) is 5.32 Å². The quantitative estimate of drug-likeness (QED) is 0.299. The topological polar surface area (TPSA) is 86.7 Å². The highest BCUT2D eigenvalue weighted by atomic mass is 127. The molecule has 1 saturated heterocycles. The maximum Gasteiger partial charge on any atom is 0.319 e. The molecular weight excluding hydrogens is 299 g/mol. The predicted molar refractivity (Wildman–Crippen MR) is 49.4 cm³/mol. The van der Waals surface area contributed by atoms with E-state index in [1.54, 1.807) is 22.6 Å². The Hall–Kier alpha value is -0.0900. The maximum atomic E-state index is 10.9. The van der Waals surface area contributed by atoms with Crippen LogP contribution in [-0.4, -0.2) is 40.4 Å². The van der Waals surface area contributed by atoms with Gasteiger partial charge < -0.3 is 10.2 Å². The molecule has 0 bridgehead atoms. The molecule has 8 heteroatoms. The van der Waals surface area contributed by atoms with Crippen LogP contribution in [0.5, 0.6) is 0 Å². The van der Waals surface area contributed by atoms with E-state index >= 15 is 0 Å². The van der Waals surface area contributed by atoms with Crippen LogP contribution in [-0.2, 0) is 10.1 Å². The zero-order valence-electron chi connectivity index (χ0n) is 6.06. The number of nitrogens with one attached hydrogen (secondary N) is 1. The van der Waals surface area contributed by atoms with E-state index in [-0.39, 0.29) is 0 Å². The molecular formula is C4H7IN2O4S. The van der Waals surface area contributed by atoms with Gasteiger partial charge in [-0.05, 0) is 0 Å². The molecule has 12 heavy (non-hydrogen) atoms. The summed E-state index contributed by atoms with van der Waals surface area (Å²) in [4.78, 5) is 12.1. The molecule has 1 aliphatic rings. The highest BCUT2D eigenvalue weighted by Crippen LogP contribution is 2.20. The summed E-state index contributed by atoms with van der Waals surface area (Å²) in [7, 11) is -2.74. The van der Waals surface area contributed by atoms with Crippen molar-refractivity contribution in [3.8, 4) is 0 Å². The molecule has 0 radical (unpaired) electrons. The molecule has 1 aliphatic heterocycles. The van der Waals surface area contributed by atoms with Gasteiger partial charge in [0.25, 0.3) is 10.1 Å². The van der Waals surface area contributed by atoms with Crippen molar-refractivity contribution >= 4 is 38.7 Å². The van der Waals surface area contributed by atoms with Crippen molar-refractivity contribution in [3.63, 3.8) is 0 Å². The third-order valence-electron chi connectivity index (χ3n) is 1.53. The molecule has 0 aliphatic carbocycles. The van der Waals surface area contributed by atoms with E-state index in [1.807, 2.05) is 0 Å². The first-order chi connectivity index (χ1) is 5.34. The number of amides is 2. The van der Waals surface area contributed by atoms with Crippen molar-refractivity contribution in [2.75, 3.05) is 7.05 Å². The van der Waals surface area contributed by atoms with Gasteiger partial charge in [0.15, 0.2) is 5.37 Å². The van der Waals surface area contributed by atoms with Crippen molar-refractivity contribution in [1.29, 1.82) is 0 Å². The molecule has 0 saturated carbocycles. The lowest BCUT2D eigenvalue weighted by molar-refractivity contribution is 0.225. The fourth-order valence-electron chi connectivity index (χ4n) is 0.824. The van der Waals surface area contributed by atoms with Crippen molar-refractivity contribution < 1.29 is 17.8 Å². The Labute approximate surface area is 83.2 Å². The maximum absolute atomic E-state index is 10.9. The predicted octanol–water partition coefficient (Wildman–Crippen LogP) is -0.384. The minimum Gasteiger partial charge on any atom is -0.317 e. The summed E-state index contributed by atoms with van der Waals surface area (Å²) in [6, 6.07) is -0.503. The van der Waals surface area contributed by atoms with Gasteiger partial charge in [-0.1, -0.05) is 22.6 Å². The van der Waals surface area contributed by atoms with Crippen LogP contribution >= 0.6 is 22.6 Å². The van der Waals surface area contributed by atoms with Gasteiger partial charge in [-0.2, -0.15) is 8.42 Å². The standard InChI is InChI=1S/C4H7IN2O4S/c1-7-2(5)3(6-4(7)8)12(9,10)11/h2-3H,1H3,(H,6,8)(H,9,10,11). The number of urea groups is 1. The molecule has 70 valence electrons. The van der Waals surface area contributed by atoms with Crippen LogP contribution in [0.3, 0.4) is 0 Å². The van der Waals surface area contributed by atoms with E-state index in [1.165, 1.54) is 11.9 Å². The van der Waals surface area contributed by atoms with Gasteiger partial charge in [-0.15, -0.1) is 0 Å². The Balaban J connectivity index is 2.93. The number of halogens is 1. The lowest BCUT2D eigenvalue weighted by Crippen LogP contribution is -2.37. The van der Waals surface area contributed by atoms with Gasteiger partial charge in [0.1, 0.15) is 4.05 Å². The fourth-order valence-corrected chi connectivity index (χ4v) is 3.09. The fraction of sp³-hybridized carbons (Fsp3) is 0.750. The summed E-state index contributed by atoms with van der Waals surface area (Å²) >= 11 is 1.76. The van der Waals surface area contributed by atoms with E-state index in [0.717, 1.165) is 0 Å². The van der Waals surface area contributed by atoms with Crippen molar-refractivity contribution in [2.24, 2.45) is 0 Å². The number of alkyl halides is 1. The number of rotatable bonds is 1. The molecule has 0 aromatic rings. The molecule has 0 aromatic carbocycles. The molecule has 0 aromatic heterocycles. The van der Waals surface area contributed by atoms with Crippen LogP contribution < -0.4 is 5.32 Å². The Morgan fingerprint density at radius 1 is 1.67 bits per heavy atom. The Kier molecular flexibility index (Phi) is 2.50. The number of carbonyl (C=O) groups is 1. The third kappa shape index (κ3) is 1.64. The third-order valence-corrected chi connectivity index (χ3v) is 4.59. The number of nitrogens with zero attached hydrogens (tertiary/aromatic N) is 1. The molecule has 1 heterocycles. The van der Waals surface area contributed by atoms with Crippen LogP contribution in [0.25, 0.3) is 0 Å². The molecule has 1 fully saturated rings. The Morgan fingerprint density at radius 3 is 2.33 bits per heavy atom. The molecule has 2 atom stereocenters. The van der Waals surface area contributed by atoms with Crippen LogP contribution in [0.15, 0.2) is 0 Å². The molecule has 2 N–H and O–H groups in total. The largest absolute Gasteiger partial charge is 0.319 e. The second kappa shape index (κ2) is 3.00. The SMILES string of the molecule is CN1C(=O)NC(S(=O)(=O)O)C1I. The van der Waals surface area contributed by atoms with Crippen LogP contribution in [0.4, 0.5) is 4.79 Å². The Bertz CT molecular complexity index is 302. The summed E-state index contributed by atoms with van der Waals surface area (Å²) in [5.74, 6) is 0. The number of hydrogen-bond acceptors (Lipinski definition) is 3. The molecule has 1 rings (SSSR count). The monoisotopic (exact) mass is 306 g/mol. The molecule has 2 amide bonds. The molecule has 0 spiro atoms. The number of hydrogen-bond donors (Lipinski definition) is 2. The minimum absolute atomic E-state index is 0.503. The normalized spacial score (nSPS) is 30.6. The summed E-state index contributed by atoms with van der Waals surface area (Å²) in [5, 5.41) is 0.909. The first kappa shape index (κ1) is 9.99. The second-order valence-corrected chi connectivity index (χ2v) is 5.18. The van der Waals surface area contributed by atoms with E-state index in [0.29, 0.717) is 0 Å². The summed E-state index contributed by atoms with van der Waals surface area (Å²) in [6.07, 6.45) is 0. The average molecular weight is 306 g/mol. The lowest BCUT2D eigenvalue weighted by atomic mass is 10.6. The average Bonchev–Trinajstić information content (AvgIpc) is 2.15. The number of likely N-dealkylation sites (N-methyl/N-ethyl adjacent to an activating group) is 1. The van der Waals surface area contributed by atoms with Gasteiger partial charge in [0.05, 0.1) is 0 Å². The highest BCUT2D eigenvalue weighted by molar-refractivity contribution is 14.1. The summed E-state index contributed by atoms with van der Waals surface area (Å²) in [6.45, 7) is 0. The van der Waals surface area contributed by atoms with E-state index in [4.69, 9.17) is 4.55 Å². The van der Waals surface area contributed by atoms with Crippen LogP contribution in [0, 0.1) is 0 Å². The molecule has 6 nitrogen and oxygen atoms in total. The first-order valence-corrected chi connectivity index (χ1v) is 5.72. The zero-order valence-corrected chi connectivity index (χ0v) is 9.03. The first-order valence-electron chi connectivity index (χ1n) is 2.97. The van der Waals surface area contributed by atoms with Gasteiger partial charge in [0, 0.05) is 7.05 Å². The van der Waals surface area contributed by atoms with Gasteiger partial charge in [-0.25, -0.2) is 4.79 Å². The van der Waals surface area contributed by atoms with Crippen molar-refractivity contribution in [2.45, 2.75) is 9.42 Å². The Morgan fingerprint density at radius 2 is 2.17 bits per heavy atom. The van der Waals surface area contributed by atoms with Crippen LogP contribution in [0.2, 0.25) is 0 Å².